The van der Waals surface area contributed by atoms with Crippen LogP contribution >= 0.6 is 0 Å². The Labute approximate surface area is 145 Å². The lowest BCUT2D eigenvalue weighted by molar-refractivity contribution is -0.125. The Morgan fingerprint density at radius 1 is 1.28 bits per heavy atom. The van der Waals surface area contributed by atoms with Crippen molar-refractivity contribution >= 4 is 23.5 Å². The predicted molar refractivity (Wildman–Crippen MR) is 91.2 cm³/mol. The van der Waals surface area contributed by atoms with Gasteiger partial charge >= 0.3 is 6.03 Å². The van der Waals surface area contributed by atoms with Crippen LogP contribution < -0.4 is 10.6 Å². The number of nitrogens with one attached hydrogen (secondary N) is 2. The third-order valence-corrected chi connectivity index (χ3v) is 4.43. The topological polar surface area (TPSA) is 102 Å². The number of amides is 4. The lowest BCUT2D eigenvalue weighted by Gasteiger charge is -2.30. The van der Waals surface area contributed by atoms with Gasteiger partial charge in [-0.15, -0.1) is 0 Å². The molecule has 8 heteroatoms. The van der Waals surface area contributed by atoms with E-state index in [0.29, 0.717) is 43.9 Å². The van der Waals surface area contributed by atoms with Crippen LogP contribution in [0.25, 0.3) is 0 Å². The molecule has 2 aliphatic heterocycles. The number of carbonyl (C=O) groups is 3. The number of rotatable bonds is 4. The van der Waals surface area contributed by atoms with Crippen LogP contribution in [0.4, 0.5) is 10.5 Å². The zero-order valence-electron chi connectivity index (χ0n) is 13.9. The van der Waals surface area contributed by atoms with Gasteiger partial charge in [-0.25, -0.2) is 4.79 Å². The van der Waals surface area contributed by atoms with E-state index in [1.807, 2.05) is 0 Å². The van der Waals surface area contributed by atoms with Crippen LogP contribution in [0, 0.1) is 0 Å². The molecule has 2 aliphatic rings. The Bertz CT molecular complexity index is 678. The van der Waals surface area contributed by atoms with Crippen molar-refractivity contribution in [2.45, 2.75) is 18.9 Å². The maximum absolute atomic E-state index is 12.7. The van der Waals surface area contributed by atoms with Crippen molar-refractivity contribution in [2.24, 2.45) is 0 Å². The molecule has 0 aromatic heterocycles. The Morgan fingerprint density at radius 2 is 2.08 bits per heavy atom. The fourth-order valence-electron chi connectivity index (χ4n) is 3.11. The molecule has 0 saturated carbocycles. The Balaban J connectivity index is 1.67. The van der Waals surface area contributed by atoms with Gasteiger partial charge in [0.25, 0.3) is 5.91 Å². The van der Waals surface area contributed by atoms with Crippen molar-refractivity contribution in [3.63, 3.8) is 0 Å². The number of β-amino-alcohol motifs (C(OH)–C–C–N with tert-alkyl or cyclic N) is 1. The van der Waals surface area contributed by atoms with Gasteiger partial charge in [0.2, 0.25) is 5.91 Å². The van der Waals surface area contributed by atoms with Crippen LogP contribution in [0.15, 0.2) is 24.3 Å². The average molecular weight is 346 g/mol. The van der Waals surface area contributed by atoms with Crippen molar-refractivity contribution in [3.05, 3.63) is 29.8 Å². The largest absolute Gasteiger partial charge is 0.391 e. The normalized spacial score (nSPS) is 20.4. The summed E-state index contributed by atoms with van der Waals surface area (Å²) < 4.78 is 0. The lowest BCUT2D eigenvalue weighted by Crippen LogP contribution is -2.42. The highest BCUT2D eigenvalue weighted by molar-refractivity contribution is 6.01. The maximum atomic E-state index is 12.7. The van der Waals surface area contributed by atoms with Crippen molar-refractivity contribution in [3.8, 4) is 0 Å². The fraction of sp³-hybridized carbons (Fsp3) is 0.471. The molecule has 3 rings (SSSR count). The first-order valence-electron chi connectivity index (χ1n) is 8.44. The number of hydrogen-bond acceptors (Lipinski definition) is 5. The smallest absolute Gasteiger partial charge is 0.324 e. The molecule has 0 aliphatic carbocycles. The highest BCUT2D eigenvalue weighted by Gasteiger charge is 2.27. The molecule has 4 amide bonds. The van der Waals surface area contributed by atoms with Crippen molar-refractivity contribution in [1.82, 2.24) is 15.1 Å². The monoisotopic (exact) mass is 346 g/mol. The summed E-state index contributed by atoms with van der Waals surface area (Å²) in [5, 5.41) is 15.3. The third-order valence-electron chi connectivity index (χ3n) is 4.43. The average Bonchev–Trinajstić information content (AvgIpc) is 3.05. The molecule has 1 aromatic rings. The number of piperidine rings is 1. The molecule has 0 spiro atoms. The number of anilines is 1. The first kappa shape index (κ1) is 17.2. The maximum Gasteiger partial charge on any atom is 0.324 e. The third kappa shape index (κ3) is 3.90. The minimum Gasteiger partial charge on any atom is -0.391 e. The molecule has 2 saturated heterocycles. The predicted octanol–water partition coefficient (Wildman–Crippen LogP) is 0.247. The molecule has 134 valence electrons. The van der Waals surface area contributed by atoms with E-state index in [-0.39, 0.29) is 18.4 Å². The van der Waals surface area contributed by atoms with Gasteiger partial charge < -0.3 is 20.6 Å². The summed E-state index contributed by atoms with van der Waals surface area (Å²) >= 11 is 0. The number of aliphatic hydroxyl groups is 1. The van der Waals surface area contributed by atoms with Gasteiger partial charge in [-0.1, -0.05) is 12.1 Å². The van der Waals surface area contributed by atoms with Gasteiger partial charge in [-0.3, -0.25) is 14.5 Å². The summed E-state index contributed by atoms with van der Waals surface area (Å²) in [5.41, 5.74) is 0.996. The standard InChI is InChI=1S/C17H22N4O4/c22-12-4-3-8-20(11-12)16(24)13-5-1-2-6-14(13)19-10-15(23)21-9-7-18-17(21)25/h1-2,5-6,12,19,22H,3-4,7-11H2,(H,18,25)/t12-/m0/s1. The number of likely N-dealkylation sites (tertiary alicyclic amines) is 1. The van der Waals surface area contributed by atoms with Gasteiger partial charge in [0, 0.05) is 31.9 Å². The van der Waals surface area contributed by atoms with Crippen molar-refractivity contribution < 1.29 is 19.5 Å². The fourth-order valence-corrected chi connectivity index (χ4v) is 3.11. The van der Waals surface area contributed by atoms with E-state index in [1.54, 1.807) is 29.2 Å². The van der Waals surface area contributed by atoms with Crippen LogP contribution in [0.5, 0.6) is 0 Å². The molecular formula is C17H22N4O4. The molecule has 1 atom stereocenters. The quantitative estimate of drug-likeness (QED) is 0.725. The van der Waals surface area contributed by atoms with Crippen LogP contribution in [-0.2, 0) is 4.79 Å². The Morgan fingerprint density at radius 3 is 2.80 bits per heavy atom. The zero-order valence-corrected chi connectivity index (χ0v) is 13.9. The van der Waals surface area contributed by atoms with E-state index in [0.717, 1.165) is 11.3 Å². The lowest BCUT2D eigenvalue weighted by atomic mass is 10.1. The van der Waals surface area contributed by atoms with E-state index < -0.39 is 12.1 Å². The summed E-state index contributed by atoms with van der Waals surface area (Å²) in [4.78, 5) is 39.2. The van der Waals surface area contributed by atoms with E-state index >= 15 is 0 Å². The van der Waals surface area contributed by atoms with Gasteiger partial charge in [0.05, 0.1) is 18.2 Å². The molecule has 0 unspecified atom stereocenters. The summed E-state index contributed by atoms with van der Waals surface area (Å²) in [6.07, 6.45) is 0.981. The van der Waals surface area contributed by atoms with Crippen LogP contribution in [0.1, 0.15) is 23.2 Å². The molecular weight excluding hydrogens is 324 g/mol. The molecule has 3 N–H and O–H groups in total. The number of hydrogen-bond donors (Lipinski definition) is 3. The summed E-state index contributed by atoms with van der Waals surface area (Å²) in [7, 11) is 0. The van der Waals surface area contributed by atoms with Crippen LogP contribution in [-0.4, -0.2) is 71.6 Å². The number of para-hydroxylation sites is 1. The second-order valence-electron chi connectivity index (χ2n) is 6.22. The number of urea groups is 1. The summed E-state index contributed by atoms with van der Waals surface area (Å²) in [6, 6.07) is 6.56. The molecule has 0 bridgehead atoms. The Hall–Kier alpha value is -2.61. The number of aliphatic hydroxyl groups excluding tert-OH is 1. The van der Waals surface area contributed by atoms with Gasteiger partial charge in [-0.2, -0.15) is 0 Å². The molecule has 0 radical (unpaired) electrons. The highest BCUT2D eigenvalue weighted by atomic mass is 16.3. The van der Waals surface area contributed by atoms with Gasteiger partial charge in [-0.05, 0) is 25.0 Å². The van der Waals surface area contributed by atoms with Crippen molar-refractivity contribution in [1.29, 1.82) is 0 Å². The molecule has 1 aromatic carbocycles. The van der Waals surface area contributed by atoms with E-state index in [2.05, 4.69) is 10.6 Å². The second-order valence-corrected chi connectivity index (χ2v) is 6.22. The minimum absolute atomic E-state index is 0.0691. The minimum atomic E-state index is -0.493. The van der Waals surface area contributed by atoms with Crippen LogP contribution in [0.3, 0.4) is 0 Å². The summed E-state index contributed by atoms with van der Waals surface area (Å²) in [5.74, 6) is -0.515. The first-order chi connectivity index (χ1) is 12.1. The number of carbonyl (C=O) groups excluding carboxylic acids is 3. The Kier molecular flexibility index (Phi) is 5.18. The highest BCUT2D eigenvalue weighted by Crippen LogP contribution is 2.20. The van der Waals surface area contributed by atoms with Crippen molar-refractivity contribution in [2.75, 3.05) is 38.0 Å². The number of nitrogens with zero attached hydrogens (tertiary/aromatic N) is 2. The van der Waals surface area contributed by atoms with Gasteiger partial charge in [0.1, 0.15) is 0 Å². The first-order valence-corrected chi connectivity index (χ1v) is 8.44. The number of benzene rings is 1. The second kappa shape index (κ2) is 7.52. The van der Waals surface area contributed by atoms with E-state index in [1.165, 1.54) is 0 Å². The molecule has 2 heterocycles. The van der Waals surface area contributed by atoms with Crippen LogP contribution in [0.2, 0.25) is 0 Å². The molecule has 8 nitrogen and oxygen atoms in total. The zero-order chi connectivity index (χ0) is 17.8. The number of imide groups is 1. The molecule has 2 fully saturated rings. The van der Waals surface area contributed by atoms with Gasteiger partial charge in [0.15, 0.2) is 0 Å². The summed E-state index contributed by atoms with van der Waals surface area (Å²) in [6.45, 7) is 1.67. The SMILES string of the molecule is O=C(c1ccccc1NCC(=O)N1CCNC1=O)N1CCC[C@H](O)C1. The molecule has 25 heavy (non-hydrogen) atoms. The van der Waals surface area contributed by atoms with E-state index in [9.17, 15) is 19.5 Å². The van der Waals surface area contributed by atoms with E-state index in [4.69, 9.17) is 0 Å².